The monoisotopic (exact) mass is 343 g/mol. The molecule has 26 heavy (non-hydrogen) atoms. The summed E-state index contributed by atoms with van der Waals surface area (Å²) < 4.78 is 0. The van der Waals surface area contributed by atoms with E-state index >= 15 is 0 Å². The third-order valence-electron chi connectivity index (χ3n) is 4.81. The highest BCUT2D eigenvalue weighted by Crippen LogP contribution is 2.29. The summed E-state index contributed by atoms with van der Waals surface area (Å²) in [4.78, 5) is 21.3. The van der Waals surface area contributed by atoms with Crippen molar-refractivity contribution >= 4 is 17.3 Å². The molecule has 1 aromatic heterocycles. The lowest BCUT2D eigenvalue weighted by Crippen LogP contribution is -2.29. The van der Waals surface area contributed by atoms with E-state index in [-0.39, 0.29) is 5.91 Å². The fourth-order valence-electron chi connectivity index (χ4n) is 3.41. The van der Waals surface area contributed by atoms with Gasteiger partial charge in [-0.3, -0.25) is 9.78 Å². The first-order valence-corrected chi connectivity index (χ1v) is 8.82. The summed E-state index contributed by atoms with van der Waals surface area (Å²) in [7, 11) is 2.02. The molecule has 0 spiro atoms. The van der Waals surface area contributed by atoms with Gasteiger partial charge in [0.15, 0.2) is 0 Å². The highest BCUT2D eigenvalue weighted by molar-refractivity contribution is 6.07. The summed E-state index contributed by atoms with van der Waals surface area (Å²) in [5, 5.41) is 0. The summed E-state index contributed by atoms with van der Waals surface area (Å²) in [6, 6.07) is 20.3. The Hall–Kier alpha value is -3.14. The van der Waals surface area contributed by atoms with Gasteiger partial charge < -0.3 is 9.80 Å². The molecule has 3 aromatic rings. The minimum absolute atomic E-state index is 0.0115. The van der Waals surface area contributed by atoms with Crippen molar-refractivity contribution in [2.24, 2.45) is 0 Å². The number of anilines is 2. The smallest absolute Gasteiger partial charge is 0.259 e. The van der Waals surface area contributed by atoms with Crippen LogP contribution in [-0.4, -0.2) is 24.5 Å². The molecular formula is C22H21N3O. The molecule has 1 aliphatic rings. The second kappa shape index (κ2) is 7.00. The quantitative estimate of drug-likeness (QED) is 0.720. The highest BCUT2D eigenvalue weighted by atomic mass is 16.2. The van der Waals surface area contributed by atoms with Crippen molar-refractivity contribution in [2.45, 2.75) is 13.0 Å². The average molecular weight is 343 g/mol. The van der Waals surface area contributed by atoms with Gasteiger partial charge in [-0.05, 0) is 29.7 Å². The number of hydrogen-bond acceptors (Lipinski definition) is 3. The first-order valence-electron chi connectivity index (χ1n) is 8.82. The van der Waals surface area contributed by atoms with Gasteiger partial charge in [-0.25, -0.2) is 0 Å². The molecule has 4 nitrogen and oxygen atoms in total. The van der Waals surface area contributed by atoms with Crippen LogP contribution in [0.25, 0.3) is 0 Å². The van der Waals surface area contributed by atoms with Crippen LogP contribution in [0.4, 0.5) is 11.4 Å². The van der Waals surface area contributed by atoms with Gasteiger partial charge in [0.1, 0.15) is 0 Å². The summed E-state index contributed by atoms with van der Waals surface area (Å²) in [5.74, 6) is 0.0115. The maximum absolute atomic E-state index is 13.0. The van der Waals surface area contributed by atoms with Crippen LogP contribution < -0.4 is 9.80 Å². The van der Waals surface area contributed by atoms with Crippen molar-refractivity contribution in [1.82, 2.24) is 4.98 Å². The molecule has 0 radical (unpaired) electrons. The number of pyridine rings is 1. The van der Waals surface area contributed by atoms with Crippen molar-refractivity contribution in [2.75, 3.05) is 23.4 Å². The Bertz CT molecular complexity index is 923. The van der Waals surface area contributed by atoms with Crippen LogP contribution in [0.2, 0.25) is 0 Å². The van der Waals surface area contributed by atoms with E-state index in [2.05, 4.69) is 28.1 Å². The fourth-order valence-corrected chi connectivity index (χ4v) is 3.41. The van der Waals surface area contributed by atoms with E-state index in [0.717, 1.165) is 30.9 Å². The van der Waals surface area contributed by atoms with Gasteiger partial charge in [0.25, 0.3) is 5.91 Å². The minimum Gasteiger partial charge on any atom is -0.369 e. The van der Waals surface area contributed by atoms with Crippen molar-refractivity contribution in [3.8, 4) is 0 Å². The number of carbonyl (C=O) groups excluding carboxylic acids is 1. The molecule has 0 saturated carbocycles. The second-order valence-corrected chi connectivity index (χ2v) is 6.61. The molecule has 130 valence electrons. The number of hydrogen-bond donors (Lipinski definition) is 0. The van der Waals surface area contributed by atoms with E-state index in [1.54, 1.807) is 12.4 Å². The zero-order chi connectivity index (χ0) is 17.9. The number of para-hydroxylation sites is 1. The molecule has 4 heteroatoms. The van der Waals surface area contributed by atoms with E-state index in [1.807, 2.05) is 54.4 Å². The third-order valence-corrected chi connectivity index (χ3v) is 4.81. The molecule has 1 aliphatic heterocycles. The van der Waals surface area contributed by atoms with Gasteiger partial charge in [0, 0.05) is 32.0 Å². The molecule has 4 rings (SSSR count). The maximum Gasteiger partial charge on any atom is 0.259 e. The van der Waals surface area contributed by atoms with Crippen molar-refractivity contribution in [1.29, 1.82) is 0 Å². The number of nitrogens with zero attached hydrogens (tertiary/aromatic N) is 3. The Morgan fingerprint density at radius 1 is 1.08 bits per heavy atom. The van der Waals surface area contributed by atoms with Crippen LogP contribution in [-0.2, 0) is 13.0 Å². The van der Waals surface area contributed by atoms with Gasteiger partial charge >= 0.3 is 0 Å². The number of benzene rings is 2. The number of amides is 1. The predicted molar refractivity (Wildman–Crippen MR) is 105 cm³/mol. The van der Waals surface area contributed by atoms with E-state index in [0.29, 0.717) is 5.56 Å². The third kappa shape index (κ3) is 3.18. The highest BCUT2D eigenvalue weighted by Gasteiger charge is 2.25. The molecule has 0 N–H and O–H groups in total. The SMILES string of the molecule is CN(Cc1ccccc1)c1cncc(C(=O)N2CCc3ccccc32)c1. The zero-order valence-electron chi connectivity index (χ0n) is 14.8. The molecule has 0 unspecified atom stereocenters. The number of fused-ring (bicyclic) bond motifs is 1. The van der Waals surface area contributed by atoms with Gasteiger partial charge in [0.2, 0.25) is 0 Å². The number of rotatable bonds is 4. The van der Waals surface area contributed by atoms with Crippen LogP contribution in [0, 0.1) is 0 Å². The first kappa shape index (κ1) is 16.3. The normalized spacial score (nSPS) is 12.7. The Kier molecular flexibility index (Phi) is 4.40. The van der Waals surface area contributed by atoms with Crippen molar-refractivity contribution in [3.05, 3.63) is 89.7 Å². The van der Waals surface area contributed by atoms with Crippen LogP contribution >= 0.6 is 0 Å². The maximum atomic E-state index is 13.0. The number of carbonyl (C=O) groups is 1. The fraction of sp³-hybridized carbons (Fsp3) is 0.182. The molecule has 2 aromatic carbocycles. The topological polar surface area (TPSA) is 36.4 Å². The lowest BCUT2D eigenvalue weighted by molar-refractivity contribution is 0.0989. The first-order chi connectivity index (χ1) is 12.7. The van der Waals surface area contributed by atoms with Gasteiger partial charge in [0.05, 0.1) is 17.4 Å². The lowest BCUT2D eigenvalue weighted by atomic mass is 10.1. The van der Waals surface area contributed by atoms with Crippen LogP contribution in [0.3, 0.4) is 0 Å². The molecule has 0 bridgehead atoms. The van der Waals surface area contributed by atoms with Crippen LogP contribution in [0.15, 0.2) is 73.1 Å². The molecule has 0 fully saturated rings. The van der Waals surface area contributed by atoms with Crippen LogP contribution in [0.5, 0.6) is 0 Å². The summed E-state index contributed by atoms with van der Waals surface area (Å²) in [6.45, 7) is 1.50. The number of aromatic nitrogens is 1. The summed E-state index contributed by atoms with van der Waals surface area (Å²) >= 11 is 0. The van der Waals surface area contributed by atoms with Gasteiger partial charge in [-0.15, -0.1) is 0 Å². The summed E-state index contributed by atoms with van der Waals surface area (Å²) in [5.41, 5.74) is 5.03. The standard InChI is InChI=1S/C22H21N3O/c1-24(16-17-7-3-2-4-8-17)20-13-19(14-23-15-20)22(26)25-12-11-18-9-5-6-10-21(18)25/h2-10,13-15H,11-12,16H2,1H3. The van der Waals surface area contributed by atoms with E-state index < -0.39 is 0 Å². The molecule has 2 heterocycles. The van der Waals surface area contributed by atoms with Gasteiger partial charge in [-0.1, -0.05) is 48.5 Å². The lowest BCUT2D eigenvalue weighted by Gasteiger charge is -2.21. The predicted octanol–water partition coefficient (Wildman–Crippen LogP) is 3.92. The van der Waals surface area contributed by atoms with Gasteiger partial charge in [-0.2, -0.15) is 0 Å². The summed E-state index contributed by atoms with van der Waals surface area (Å²) in [6.07, 6.45) is 4.36. The second-order valence-electron chi connectivity index (χ2n) is 6.61. The van der Waals surface area contributed by atoms with Crippen LogP contribution in [0.1, 0.15) is 21.5 Å². The Labute approximate surface area is 153 Å². The molecule has 0 aliphatic carbocycles. The Morgan fingerprint density at radius 2 is 1.85 bits per heavy atom. The molecule has 0 saturated heterocycles. The van der Waals surface area contributed by atoms with Crippen molar-refractivity contribution in [3.63, 3.8) is 0 Å². The largest absolute Gasteiger partial charge is 0.369 e. The van der Waals surface area contributed by atoms with E-state index in [1.165, 1.54) is 11.1 Å². The Morgan fingerprint density at radius 3 is 2.69 bits per heavy atom. The van der Waals surface area contributed by atoms with E-state index in [9.17, 15) is 4.79 Å². The Balaban J connectivity index is 1.55. The zero-order valence-corrected chi connectivity index (χ0v) is 14.8. The minimum atomic E-state index is 0.0115. The van der Waals surface area contributed by atoms with E-state index in [4.69, 9.17) is 0 Å². The van der Waals surface area contributed by atoms with Crippen molar-refractivity contribution < 1.29 is 4.79 Å². The molecular weight excluding hydrogens is 322 g/mol. The average Bonchev–Trinajstić information content (AvgIpc) is 3.12. The molecule has 0 atom stereocenters. The molecule has 1 amide bonds.